The van der Waals surface area contributed by atoms with E-state index < -0.39 is 172 Å². The van der Waals surface area contributed by atoms with Crippen molar-refractivity contribution in [2.75, 3.05) is 0 Å². The Hall–Kier alpha value is -6.52. The Balaban J connectivity index is 1.22. The summed E-state index contributed by atoms with van der Waals surface area (Å²) in [6.45, 7) is 0. The summed E-state index contributed by atoms with van der Waals surface area (Å²) < 4.78 is 205. The van der Waals surface area contributed by atoms with Gasteiger partial charge in [0, 0.05) is 27.3 Å². The molecule has 0 unspecified atom stereocenters. The van der Waals surface area contributed by atoms with Gasteiger partial charge in [0.2, 0.25) is 0 Å². The Morgan fingerprint density at radius 2 is 1.17 bits per heavy atom. The zero-order chi connectivity index (χ0) is 50.8. The Kier molecular flexibility index (Phi) is 2.83. The van der Waals surface area contributed by atoms with Gasteiger partial charge in [-0.15, -0.1) is 0 Å². The molecule has 0 saturated carbocycles. The molecule has 4 heteroatoms. The minimum atomic E-state index is -0.911. The fraction of sp³-hybridized carbons (Fsp3) is 0. The van der Waals surface area contributed by atoms with Crippen LogP contribution in [-0.2, 0) is 0 Å². The molecule has 0 aliphatic rings. The van der Waals surface area contributed by atoms with Crippen LogP contribution in [0.4, 0.5) is 0 Å². The first kappa shape index (κ1) is 12.9. The fourth-order valence-electron chi connectivity index (χ4n) is 5.52. The number of hydrogen-bond donors (Lipinski definition) is 0. The van der Waals surface area contributed by atoms with Gasteiger partial charge in [0.15, 0.2) is 5.58 Å². The molecule has 0 bridgehead atoms. The van der Waals surface area contributed by atoms with Crippen LogP contribution in [0.5, 0.6) is 0 Å². The van der Waals surface area contributed by atoms with Crippen molar-refractivity contribution >= 4 is 54.8 Å². The van der Waals surface area contributed by atoms with Crippen LogP contribution in [0.15, 0.2) is 166 Å². The second-order valence-electron chi connectivity index (χ2n) is 10.5. The van der Waals surface area contributed by atoms with Crippen molar-refractivity contribution in [3.8, 4) is 44.6 Å². The average molecular weight is 637 g/mol. The summed E-state index contributed by atoms with van der Waals surface area (Å²) in [5.74, 6) is 0. The van der Waals surface area contributed by atoms with Gasteiger partial charge in [-0.1, -0.05) is 115 Å². The van der Waals surface area contributed by atoms with Gasteiger partial charge in [0.1, 0.15) is 34.3 Å². The zero-order valence-corrected chi connectivity index (χ0v) is 24.0. The number of furan rings is 2. The minimum absolute atomic E-state index is 0.0378. The third-order valence-corrected chi connectivity index (χ3v) is 7.71. The Morgan fingerprint density at radius 3 is 2.08 bits per heavy atom. The van der Waals surface area contributed by atoms with Crippen molar-refractivity contribution in [1.82, 2.24) is 9.97 Å². The first-order valence-electron chi connectivity index (χ1n) is 25.3. The molecule has 10 rings (SSSR count). The lowest BCUT2D eigenvalue weighted by Crippen LogP contribution is -1.88. The lowest BCUT2D eigenvalue weighted by molar-refractivity contribution is 0.667. The van der Waals surface area contributed by atoms with E-state index in [1.54, 1.807) is 0 Å². The van der Waals surface area contributed by atoms with E-state index in [2.05, 4.69) is 9.97 Å². The molecule has 0 N–H and O–H groups in total. The van der Waals surface area contributed by atoms with Crippen molar-refractivity contribution in [2.45, 2.75) is 0 Å². The molecule has 0 atom stereocenters. The fourth-order valence-corrected chi connectivity index (χ4v) is 5.52. The number of benzene rings is 7. The first-order valence-corrected chi connectivity index (χ1v) is 14.3. The van der Waals surface area contributed by atoms with Crippen LogP contribution in [0.3, 0.4) is 0 Å². The summed E-state index contributed by atoms with van der Waals surface area (Å²) in [5.41, 5.74) is -4.32. The van der Waals surface area contributed by atoms with E-state index in [1.165, 1.54) is 18.2 Å². The molecule has 0 spiro atoms. The van der Waals surface area contributed by atoms with Crippen LogP contribution in [-0.4, -0.2) is 9.97 Å². The minimum Gasteiger partial charge on any atom is -0.455 e. The molecule has 10 aromatic rings. The summed E-state index contributed by atoms with van der Waals surface area (Å²) in [6, 6.07) is -11.3. The number of rotatable bonds is 4. The van der Waals surface area contributed by atoms with Crippen LogP contribution < -0.4 is 0 Å². The number of hydrogen-bond acceptors (Lipinski definition) is 4. The maximum Gasteiger partial charge on any atom is 0.180 e. The SMILES string of the molecule is [2H]c1c([2H])c(-c2c([2H])c([2H])c([2H])c(-c3c([2H])c([2H])c([2H])c4c3oc3c([2H])c([2H])c([2H])c([2H])c34)c2[2H])c([2H])c(-c2ncnc3c2oc2ccc(-c4c([2H])c([2H])c5c([2H])c([2H])c([2H])c([2H])c5c4[2H])cc23)c1[2H]. The van der Waals surface area contributed by atoms with Gasteiger partial charge in [-0.3, -0.25) is 0 Å². The van der Waals surface area contributed by atoms with E-state index >= 15 is 0 Å². The third-order valence-electron chi connectivity index (χ3n) is 7.71. The van der Waals surface area contributed by atoms with Crippen LogP contribution >= 0.6 is 0 Å². The molecule has 3 heterocycles. The second kappa shape index (κ2) is 10.5. The quantitative estimate of drug-likeness (QED) is 0.193. The van der Waals surface area contributed by atoms with Crippen LogP contribution in [0.1, 0.15) is 30.2 Å². The van der Waals surface area contributed by atoms with Crippen molar-refractivity contribution in [1.29, 1.82) is 0 Å². The van der Waals surface area contributed by atoms with Crippen molar-refractivity contribution in [3.63, 3.8) is 0 Å². The Labute approximate surface area is 306 Å². The maximum atomic E-state index is 9.54. The van der Waals surface area contributed by atoms with E-state index in [0.29, 0.717) is 0 Å². The zero-order valence-electron chi connectivity index (χ0n) is 46.0. The highest BCUT2D eigenvalue weighted by molar-refractivity contribution is 6.10. The van der Waals surface area contributed by atoms with E-state index in [1.807, 2.05) is 0 Å². The summed E-state index contributed by atoms with van der Waals surface area (Å²) in [7, 11) is 0. The van der Waals surface area contributed by atoms with Gasteiger partial charge >= 0.3 is 0 Å². The summed E-state index contributed by atoms with van der Waals surface area (Å²) in [4.78, 5) is 8.66. The van der Waals surface area contributed by atoms with E-state index in [0.717, 1.165) is 6.33 Å². The number of fused-ring (bicyclic) bond motifs is 7. The number of aromatic nitrogens is 2. The number of nitrogens with zero attached hydrogens (tertiary/aromatic N) is 2. The van der Waals surface area contributed by atoms with Crippen molar-refractivity contribution < 1.29 is 39.0 Å². The molecule has 0 radical (unpaired) electrons. The highest BCUT2D eigenvalue weighted by Gasteiger charge is 2.17. The Bertz CT molecular complexity index is 4110. The van der Waals surface area contributed by atoms with E-state index in [9.17, 15) is 2.74 Å². The molecule has 3 aromatic heterocycles. The van der Waals surface area contributed by atoms with E-state index in [4.69, 9.17) is 36.2 Å². The average Bonchev–Trinajstić information content (AvgIpc) is 3.92. The molecule has 7 aromatic carbocycles. The maximum absolute atomic E-state index is 9.54. The first-order chi connectivity index (χ1) is 33.0. The molecule has 0 aliphatic carbocycles. The van der Waals surface area contributed by atoms with Crippen LogP contribution in [0, 0.1) is 0 Å². The normalized spacial score (nSPS) is 18.2. The van der Waals surface area contributed by atoms with Crippen molar-refractivity contribution in [2.24, 2.45) is 0 Å². The molecular weight excluding hydrogens is 588 g/mol. The highest BCUT2D eigenvalue weighted by atomic mass is 16.3. The smallest absolute Gasteiger partial charge is 0.180 e. The van der Waals surface area contributed by atoms with Gasteiger partial charge in [0.05, 0.1) is 30.2 Å². The molecule has 224 valence electrons. The van der Waals surface area contributed by atoms with Gasteiger partial charge in [0.25, 0.3) is 0 Å². The summed E-state index contributed by atoms with van der Waals surface area (Å²) >= 11 is 0. The molecular formula is C44H26N2O2. The summed E-state index contributed by atoms with van der Waals surface area (Å²) in [6.07, 6.45) is 1.04. The molecule has 0 amide bonds. The van der Waals surface area contributed by atoms with Gasteiger partial charge < -0.3 is 8.83 Å². The monoisotopic (exact) mass is 636 g/mol. The molecule has 4 nitrogen and oxygen atoms in total. The van der Waals surface area contributed by atoms with Crippen molar-refractivity contribution in [3.05, 3.63) is 157 Å². The van der Waals surface area contributed by atoms with E-state index in [-0.39, 0.29) is 60.4 Å². The molecule has 0 saturated heterocycles. The molecule has 0 aliphatic heterocycles. The lowest BCUT2D eigenvalue weighted by atomic mass is 9.96. The largest absolute Gasteiger partial charge is 0.455 e. The van der Waals surface area contributed by atoms with Gasteiger partial charge in [-0.05, 0) is 74.9 Å². The number of para-hydroxylation sites is 2. The van der Waals surface area contributed by atoms with Crippen LogP contribution in [0.2, 0.25) is 0 Å². The molecule has 48 heavy (non-hydrogen) atoms. The standard InChI is InChI=1S/C44H26N2O2/c1-2-9-28-22-31(19-18-27(28)8-1)32-20-21-40-38(25-32)42-44(48-40)41(45-26-46-42)34-13-6-11-30(24-34)29-10-5-12-33(23-29)35-15-7-16-37-36-14-3-4-17-39(36)47-43(35)37/h1-26H/i1D,2D,3D,4D,5D,6D,7D,8D,9D,10D,11D,12D,13D,14D,15D,16D,17D,18D,19D,22D,23D,24D. The third kappa shape index (κ3) is 4.24. The predicted molar refractivity (Wildman–Crippen MR) is 196 cm³/mol. The van der Waals surface area contributed by atoms with Crippen LogP contribution in [0.25, 0.3) is 99.4 Å². The lowest BCUT2D eigenvalue weighted by Gasteiger charge is -2.09. The Morgan fingerprint density at radius 1 is 0.458 bits per heavy atom. The second-order valence-corrected chi connectivity index (χ2v) is 10.5. The molecule has 0 fully saturated rings. The van der Waals surface area contributed by atoms with Gasteiger partial charge in [-0.2, -0.15) is 0 Å². The topological polar surface area (TPSA) is 52.1 Å². The predicted octanol–water partition coefficient (Wildman–Crippen LogP) is 12.1. The summed E-state index contributed by atoms with van der Waals surface area (Å²) in [5, 5.41) is -1.03. The highest BCUT2D eigenvalue weighted by Crippen LogP contribution is 2.39. The van der Waals surface area contributed by atoms with Gasteiger partial charge in [-0.25, -0.2) is 9.97 Å².